The molecule has 21 nitrogen and oxygen atoms in total. The van der Waals surface area contributed by atoms with E-state index in [0.29, 0.717) is 0 Å². The van der Waals surface area contributed by atoms with Crippen molar-refractivity contribution in [3.63, 3.8) is 0 Å². The summed E-state index contributed by atoms with van der Waals surface area (Å²) in [6.07, 6.45) is -5.61. The van der Waals surface area contributed by atoms with Gasteiger partial charge in [-0.25, -0.2) is 19.5 Å². The van der Waals surface area contributed by atoms with Crippen LogP contribution in [0.4, 0.5) is 5.82 Å². The average molecular weight is 663 g/mol. The largest absolute Gasteiger partial charge is 0.655 e. The topological polar surface area (TPSA) is 306 Å². The number of ether oxygens (including phenoxy) is 2. The van der Waals surface area contributed by atoms with Gasteiger partial charge in [0, 0.05) is 6.07 Å². The van der Waals surface area contributed by atoms with Crippen LogP contribution in [0.2, 0.25) is 0 Å². The SMILES string of the molecule is NC(=O)c1ccc[n+]([C@@H]2O[C@H](COP(=O)(O)O[P+]3(OC[C@H]4O[C@@H](n5cnc6c(N)ncnc65)[C@H](O)[C@@H]4O)OO3)[C@@H](O)[C@H]2O)c1. The van der Waals surface area contributed by atoms with Gasteiger partial charge in [-0.05, 0) is 10.4 Å². The van der Waals surface area contributed by atoms with Crippen LogP contribution in [0.5, 0.6) is 0 Å². The van der Waals surface area contributed by atoms with E-state index >= 15 is 0 Å². The fourth-order valence-corrected chi connectivity index (χ4v) is 7.24. The summed E-state index contributed by atoms with van der Waals surface area (Å²) in [6, 6.07) is 2.91. The maximum atomic E-state index is 12.6. The molecule has 3 aromatic heterocycles. The highest BCUT2D eigenvalue weighted by atomic mass is 31.3. The van der Waals surface area contributed by atoms with E-state index in [1.807, 2.05) is 0 Å². The Morgan fingerprint density at radius 3 is 2.52 bits per heavy atom. The number of hydrogen-bond acceptors (Lipinski definition) is 17. The Labute approximate surface area is 246 Å². The van der Waals surface area contributed by atoms with E-state index in [1.165, 1.54) is 46.3 Å². The van der Waals surface area contributed by atoms with Gasteiger partial charge in [0.15, 0.2) is 36.2 Å². The molecule has 0 spiro atoms. The number of pyridine rings is 1. The zero-order valence-corrected chi connectivity index (χ0v) is 24.0. The highest BCUT2D eigenvalue weighted by Crippen LogP contribution is 2.83. The van der Waals surface area contributed by atoms with Gasteiger partial charge in [0.05, 0.1) is 22.3 Å². The van der Waals surface area contributed by atoms with Gasteiger partial charge in [-0.3, -0.25) is 13.9 Å². The number of phosphoric acid groups is 1. The molecule has 3 aromatic rings. The maximum Gasteiger partial charge on any atom is 0.655 e. The Morgan fingerprint density at radius 1 is 1.07 bits per heavy atom. The van der Waals surface area contributed by atoms with Crippen molar-refractivity contribution in [3.05, 3.63) is 42.7 Å². The summed E-state index contributed by atoms with van der Waals surface area (Å²) in [6.45, 7) is -1.25. The minimum atomic E-state index is -4.99. The van der Waals surface area contributed by atoms with Crippen LogP contribution in [0.15, 0.2) is 37.2 Å². The van der Waals surface area contributed by atoms with E-state index in [0.717, 1.165) is 0 Å². The Hall–Kier alpha value is -2.85. The van der Waals surface area contributed by atoms with Crippen LogP contribution in [0, 0.1) is 0 Å². The molecular weight excluding hydrogens is 636 g/mol. The molecular formula is C21H27N7O14P2+2. The number of aromatic nitrogens is 5. The van der Waals surface area contributed by atoms with Gasteiger partial charge in [0.2, 0.25) is 0 Å². The number of hydrogen-bond donors (Lipinski definition) is 7. The molecule has 3 fully saturated rings. The first-order valence-electron chi connectivity index (χ1n) is 12.7. The van der Waals surface area contributed by atoms with Gasteiger partial charge in [-0.1, -0.05) is 0 Å². The van der Waals surface area contributed by atoms with Crippen molar-refractivity contribution in [2.75, 3.05) is 18.9 Å². The molecule has 9 N–H and O–H groups in total. The number of nitrogen functional groups attached to an aromatic ring is 1. The molecule has 6 rings (SSSR count). The molecule has 6 heterocycles. The van der Waals surface area contributed by atoms with Crippen LogP contribution in [0.3, 0.4) is 0 Å². The average Bonchev–Trinajstić information content (AvgIpc) is 3.35. The minimum Gasteiger partial charge on any atom is -0.387 e. The number of primary amides is 1. The number of fused-ring (bicyclic) bond motifs is 1. The number of imidazole rings is 1. The van der Waals surface area contributed by atoms with E-state index in [9.17, 15) is 34.7 Å². The van der Waals surface area contributed by atoms with Crippen molar-refractivity contribution in [1.82, 2.24) is 19.5 Å². The second-order valence-electron chi connectivity index (χ2n) is 9.82. The Balaban J connectivity index is 1.03. The number of aliphatic hydroxyl groups is 4. The van der Waals surface area contributed by atoms with Crippen molar-refractivity contribution in [3.8, 4) is 0 Å². The number of anilines is 1. The van der Waals surface area contributed by atoms with Crippen LogP contribution in [-0.2, 0) is 36.7 Å². The lowest BCUT2D eigenvalue weighted by Crippen LogP contribution is -2.46. The van der Waals surface area contributed by atoms with Crippen molar-refractivity contribution in [1.29, 1.82) is 0 Å². The minimum absolute atomic E-state index is 0.100. The highest BCUT2D eigenvalue weighted by Gasteiger charge is 2.76. The predicted octanol–water partition coefficient (Wildman–Crippen LogP) is -2.48. The summed E-state index contributed by atoms with van der Waals surface area (Å²) in [5.41, 5.74) is 11.7. The second-order valence-corrected chi connectivity index (χ2v) is 13.1. The molecule has 0 aliphatic carbocycles. The third-order valence-electron chi connectivity index (χ3n) is 6.93. The van der Waals surface area contributed by atoms with Crippen molar-refractivity contribution >= 4 is 38.9 Å². The molecule has 9 atom stereocenters. The second kappa shape index (κ2) is 11.8. The zero-order chi connectivity index (χ0) is 31.4. The van der Waals surface area contributed by atoms with E-state index in [1.54, 1.807) is 0 Å². The first-order chi connectivity index (χ1) is 20.9. The monoisotopic (exact) mass is 663 g/mol. The first kappa shape index (κ1) is 31.1. The third kappa shape index (κ3) is 6.04. The predicted molar refractivity (Wildman–Crippen MR) is 139 cm³/mol. The lowest BCUT2D eigenvalue weighted by Gasteiger charge is -2.16. The lowest BCUT2D eigenvalue weighted by atomic mass is 10.1. The van der Waals surface area contributed by atoms with Gasteiger partial charge < -0.3 is 46.3 Å². The number of phosphoric ester groups is 1. The van der Waals surface area contributed by atoms with E-state index in [4.69, 9.17) is 34.3 Å². The van der Waals surface area contributed by atoms with Gasteiger partial charge in [0.25, 0.3) is 12.1 Å². The molecule has 0 saturated carbocycles. The summed E-state index contributed by atoms with van der Waals surface area (Å²) in [5.74, 6) is -0.629. The molecule has 23 heteroatoms. The molecule has 0 aromatic carbocycles. The van der Waals surface area contributed by atoms with Crippen LogP contribution in [0.25, 0.3) is 11.2 Å². The van der Waals surface area contributed by atoms with Gasteiger partial charge in [0.1, 0.15) is 54.5 Å². The number of nitrogens with two attached hydrogens (primary N) is 2. The van der Waals surface area contributed by atoms with E-state index in [-0.39, 0.29) is 22.5 Å². The van der Waals surface area contributed by atoms with Crippen molar-refractivity contribution in [2.45, 2.75) is 49.1 Å². The van der Waals surface area contributed by atoms with Crippen LogP contribution < -0.4 is 16.0 Å². The van der Waals surface area contributed by atoms with E-state index < -0.39 is 84.2 Å². The summed E-state index contributed by atoms with van der Waals surface area (Å²) in [7, 11) is -8.86. The van der Waals surface area contributed by atoms with Crippen molar-refractivity contribution < 1.29 is 71.4 Å². The normalized spacial score (nSPS) is 32.6. The van der Waals surface area contributed by atoms with Crippen molar-refractivity contribution in [2.24, 2.45) is 5.73 Å². The third-order valence-corrected chi connectivity index (χ3v) is 9.89. The summed E-state index contributed by atoms with van der Waals surface area (Å²) in [4.78, 5) is 33.7. The Bertz CT molecular complexity index is 1600. The Morgan fingerprint density at radius 2 is 1.80 bits per heavy atom. The molecule has 3 aliphatic heterocycles. The van der Waals surface area contributed by atoms with Gasteiger partial charge in [-0.2, -0.15) is 4.57 Å². The molecule has 0 radical (unpaired) electrons. The molecule has 1 unspecified atom stereocenters. The number of aliphatic hydroxyl groups excluding tert-OH is 4. The molecule has 3 saturated heterocycles. The maximum absolute atomic E-state index is 12.6. The number of rotatable bonds is 11. The fraction of sp³-hybridized carbons (Fsp3) is 0.476. The van der Waals surface area contributed by atoms with E-state index in [2.05, 4.69) is 24.3 Å². The first-order valence-corrected chi connectivity index (χ1v) is 15.7. The van der Waals surface area contributed by atoms with Crippen LogP contribution >= 0.6 is 16.0 Å². The number of amides is 1. The summed E-state index contributed by atoms with van der Waals surface area (Å²) < 4.78 is 51.2. The number of carbonyl (C=O) groups excluding carboxylic acids is 1. The number of nitrogens with zero attached hydrogens (tertiary/aromatic N) is 5. The van der Waals surface area contributed by atoms with Gasteiger partial charge >= 0.3 is 16.0 Å². The molecule has 0 bridgehead atoms. The number of carbonyl (C=O) groups is 1. The smallest absolute Gasteiger partial charge is 0.387 e. The molecule has 1 amide bonds. The Kier molecular flexibility index (Phi) is 8.37. The zero-order valence-electron chi connectivity index (χ0n) is 22.2. The molecule has 3 aliphatic rings. The molecule has 238 valence electrons. The lowest BCUT2D eigenvalue weighted by molar-refractivity contribution is -0.765. The highest BCUT2D eigenvalue weighted by molar-refractivity contribution is 7.68. The van der Waals surface area contributed by atoms with Crippen LogP contribution in [0.1, 0.15) is 22.8 Å². The van der Waals surface area contributed by atoms with Crippen LogP contribution in [-0.4, -0.2) is 101 Å². The van der Waals surface area contributed by atoms with Gasteiger partial charge in [-0.15, -0.1) is 4.52 Å². The summed E-state index contributed by atoms with van der Waals surface area (Å²) in [5, 5.41) is 42.0. The fourth-order valence-electron chi connectivity index (χ4n) is 4.67. The standard InChI is InChI=1S/C21H25N7O14P2/c22-17-12-19(25-7-24-17)28(8-26-12)21-16(32)14(30)11(39-21)6-37-44(40-41-44)42-43(34,35)36-5-10-13(29)15(31)20(38-10)27-3-1-2-9(4-27)18(23)33/h1-4,7-8,10-11,13-16,20-21,29-32H,5-6H2,(H3-2,22,23,24,25,33,34,35)/p+2/t10-,11-,13-,14-,15-,16-,20-,21-/m1/s1. The quantitative estimate of drug-likeness (QED) is 0.0483. The summed E-state index contributed by atoms with van der Waals surface area (Å²) >= 11 is 0. The molecule has 44 heavy (non-hydrogen) atoms.